The van der Waals surface area contributed by atoms with Crippen molar-refractivity contribution in [3.63, 3.8) is 0 Å². The summed E-state index contributed by atoms with van der Waals surface area (Å²) < 4.78 is 5.11. The van der Waals surface area contributed by atoms with Crippen LogP contribution in [0.15, 0.2) is 24.3 Å². The molecule has 0 heterocycles. The van der Waals surface area contributed by atoms with E-state index < -0.39 is 0 Å². The number of hydrogen-bond acceptors (Lipinski definition) is 1. The van der Waals surface area contributed by atoms with Crippen LogP contribution in [0, 0.1) is 0 Å². The van der Waals surface area contributed by atoms with Crippen molar-refractivity contribution in [1.29, 1.82) is 0 Å². The van der Waals surface area contributed by atoms with Gasteiger partial charge in [0.05, 0.1) is 7.11 Å². The van der Waals surface area contributed by atoms with Crippen LogP contribution in [-0.4, -0.2) is 7.11 Å². The molecule has 1 rings (SSSR count). The van der Waals surface area contributed by atoms with Gasteiger partial charge in [0.25, 0.3) is 0 Å². The number of rotatable bonds is 4. The van der Waals surface area contributed by atoms with E-state index in [2.05, 4.69) is 26.0 Å². The molecule has 0 radical (unpaired) electrons. The summed E-state index contributed by atoms with van der Waals surface area (Å²) in [4.78, 5) is 0. The van der Waals surface area contributed by atoms with Crippen molar-refractivity contribution in [2.75, 3.05) is 7.11 Å². The smallest absolute Gasteiger partial charge is 0.118 e. The molecular weight excluding hydrogens is 160 g/mol. The van der Waals surface area contributed by atoms with Gasteiger partial charge in [-0.05, 0) is 30.0 Å². The zero-order valence-electron chi connectivity index (χ0n) is 8.71. The fourth-order valence-electron chi connectivity index (χ4n) is 1.53. The van der Waals surface area contributed by atoms with E-state index in [0.717, 1.165) is 5.75 Å². The largest absolute Gasteiger partial charge is 0.497 e. The average molecular weight is 178 g/mol. The Morgan fingerprint density at radius 3 is 2.31 bits per heavy atom. The van der Waals surface area contributed by atoms with E-state index in [1.807, 2.05) is 12.1 Å². The minimum absolute atomic E-state index is 0.663. The maximum Gasteiger partial charge on any atom is 0.118 e. The zero-order chi connectivity index (χ0) is 9.68. The lowest BCUT2D eigenvalue weighted by Crippen LogP contribution is -1.92. The first-order valence-electron chi connectivity index (χ1n) is 4.92. The normalized spacial score (nSPS) is 12.5. The molecule has 0 aliphatic rings. The molecule has 0 saturated heterocycles. The minimum Gasteiger partial charge on any atom is -0.497 e. The third-order valence-electron chi connectivity index (χ3n) is 2.41. The molecule has 0 aromatic heterocycles. The van der Waals surface area contributed by atoms with Crippen molar-refractivity contribution in [2.24, 2.45) is 0 Å². The van der Waals surface area contributed by atoms with Crippen LogP contribution in [0.5, 0.6) is 5.75 Å². The van der Waals surface area contributed by atoms with E-state index in [0.29, 0.717) is 5.92 Å². The summed E-state index contributed by atoms with van der Waals surface area (Å²) in [6, 6.07) is 8.36. The van der Waals surface area contributed by atoms with Gasteiger partial charge in [-0.15, -0.1) is 0 Å². The number of benzene rings is 1. The standard InChI is InChI=1S/C12H18O/c1-4-5-10(2)11-6-8-12(13-3)9-7-11/h6-10H,4-5H2,1-3H3/t10-/m1/s1. The Morgan fingerprint density at radius 2 is 1.85 bits per heavy atom. The molecule has 1 nitrogen and oxygen atoms in total. The van der Waals surface area contributed by atoms with Crippen molar-refractivity contribution in [2.45, 2.75) is 32.6 Å². The van der Waals surface area contributed by atoms with Crippen molar-refractivity contribution in [1.82, 2.24) is 0 Å². The summed E-state index contributed by atoms with van der Waals surface area (Å²) in [6.45, 7) is 4.49. The molecule has 0 N–H and O–H groups in total. The second kappa shape index (κ2) is 4.90. The van der Waals surface area contributed by atoms with Crippen LogP contribution in [-0.2, 0) is 0 Å². The van der Waals surface area contributed by atoms with Gasteiger partial charge in [-0.3, -0.25) is 0 Å². The molecule has 1 aromatic rings. The van der Waals surface area contributed by atoms with Gasteiger partial charge in [0.2, 0.25) is 0 Å². The quantitative estimate of drug-likeness (QED) is 0.684. The SMILES string of the molecule is CCC[C@@H](C)c1ccc(OC)cc1. The van der Waals surface area contributed by atoms with Crippen LogP contribution < -0.4 is 4.74 Å². The predicted octanol–water partition coefficient (Wildman–Crippen LogP) is 3.60. The first kappa shape index (κ1) is 10.1. The first-order valence-corrected chi connectivity index (χ1v) is 4.92. The van der Waals surface area contributed by atoms with Crippen LogP contribution in [0.3, 0.4) is 0 Å². The van der Waals surface area contributed by atoms with E-state index in [-0.39, 0.29) is 0 Å². The van der Waals surface area contributed by atoms with Crippen molar-refractivity contribution >= 4 is 0 Å². The van der Waals surface area contributed by atoms with Crippen molar-refractivity contribution in [3.8, 4) is 5.75 Å². The molecule has 0 amide bonds. The Balaban J connectivity index is 2.67. The topological polar surface area (TPSA) is 9.23 Å². The summed E-state index contributed by atoms with van der Waals surface area (Å²) in [5.41, 5.74) is 1.41. The molecule has 0 fully saturated rings. The lowest BCUT2D eigenvalue weighted by atomic mass is 9.97. The maximum atomic E-state index is 5.11. The Hall–Kier alpha value is -0.980. The van der Waals surface area contributed by atoms with Crippen molar-refractivity contribution < 1.29 is 4.74 Å². The highest BCUT2D eigenvalue weighted by atomic mass is 16.5. The molecule has 1 aromatic carbocycles. The van der Waals surface area contributed by atoms with Crippen LogP contribution in [0.25, 0.3) is 0 Å². The molecule has 1 heteroatoms. The fourth-order valence-corrected chi connectivity index (χ4v) is 1.53. The Bertz CT molecular complexity index is 238. The second-order valence-corrected chi connectivity index (χ2v) is 3.46. The van der Waals surface area contributed by atoms with Gasteiger partial charge in [-0.1, -0.05) is 32.4 Å². The summed E-state index contributed by atoms with van der Waals surface area (Å²) in [5.74, 6) is 1.60. The monoisotopic (exact) mass is 178 g/mol. The Morgan fingerprint density at radius 1 is 1.23 bits per heavy atom. The van der Waals surface area contributed by atoms with E-state index in [9.17, 15) is 0 Å². The van der Waals surface area contributed by atoms with E-state index in [4.69, 9.17) is 4.74 Å². The third kappa shape index (κ3) is 2.76. The average Bonchev–Trinajstić information content (AvgIpc) is 2.18. The van der Waals surface area contributed by atoms with E-state index >= 15 is 0 Å². The molecule has 1 atom stereocenters. The van der Waals surface area contributed by atoms with Gasteiger partial charge in [0, 0.05) is 0 Å². The van der Waals surface area contributed by atoms with Crippen LogP contribution >= 0.6 is 0 Å². The summed E-state index contributed by atoms with van der Waals surface area (Å²) in [7, 11) is 1.70. The molecule has 0 saturated carbocycles. The van der Waals surface area contributed by atoms with Crippen LogP contribution in [0.1, 0.15) is 38.2 Å². The van der Waals surface area contributed by atoms with E-state index in [1.54, 1.807) is 7.11 Å². The predicted molar refractivity (Wildman–Crippen MR) is 56.3 cm³/mol. The highest BCUT2D eigenvalue weighted by molar-refractivity contribution is 5.28. The van der Waals surface area contributed by atoms with Crippen molar-refractivity contribution in [3.05, 3.63) is 29.8 Å². The summed E-state index contributed by atoms with van der Waals surface area (Å²) >= 11 is 0. The molecule has 13 heavy (non-hydrogen) atoms. The summed E-state index contributed by atoms with van der Waals surface area (Å²) in [6.07, 6.45) is 2.50. The molecule has 0 unspecified atom stereocenters. The molecule has 0 aliphatic heterocycles. The highest BCUT2D eigenvalue weighted by Gasteiger charge is 2.03. The number of hydrogen-bond donors (Lipinski definition) is 0. The maximum absolute atomic E-state index is 5.11. The molecular formula is C12H18O. The lowest BCUT2D eigenvalue weighted by Gasteiger charge is -2.10. The molecule has 0 aliphatic carbocycles. The van der Waals surface area contributed by atoms with Gasteiger partial charge < -0.3 is 4.74 Å². The zero-order valence-corrected chi connectivity index (χ0v) is 8.71. The molecule has 0 spiro atoms. The Kier molecular flexibility index (Phi) is 3.81. The second-order valence-electron chi connectivity index (χ2n) is 3.46. The third-order valence-corrected chi connectivity index (χ3v) is 2.41. The Labute approximate surface area is 80.7 Å². The van der Waals surface area contributed by atoms with E-state index in [1.165, 1.54) is 18.4 Å². The lowest BCUT2D eigenvalue weighted by molar-refractivity contribution is 0.414. The summed E-state index contributed by atoms with van der Waals surface area (Å²) in [5, 5.41) is 0. The number of methoxy groups -OCH3 is 1. The number of ether oxygens (including phenoxy) is 1. The van der Waals surface area contributed by atoms with Gasteiger partial charge in [0.15, 0.2) is 0 Å². The van der Waals surface area contributed by atoms with Gasteiger partial charge in [-0.2, -0.15) is 0 Å². The first-order chi connectivity index (χ1) is 6.27. The molecule has 72 valence electrons. The van der Waals surface area contributed by atoms with Crippen LogP contribution in [0.4, 0.5) is 0 Å². The highest BCUT2D eigenvalue weighted by Crippen LogP contribution is 2.22. The van der Waals surface area contributed by atoms with Gasteiger partial charge in [0.1, 0.15) is 5.75 Å². The van der Waals surface area contributed by atoms with Gasteiger partial charge in [-0.25, -0.2) is 0 Å². The minimum atomic E-state index is 0.663. The fraction of sp³-hybridized carbons (Fsp3) is 0.500. The van der Waals surface area contributed by atoms with Crippen LogP contribution in [0.2, 0.25) is 0 Å². The van der Waals surface area contributed by atoms with Gasteiger partial charge >= 0.3 is 0 Å². The molecule has 0 bridgehead atoms.